The molecule has 0 radical (unpaired) electrons. The lowest BCUT2D eigenvalue weighted by atomic mass is 10.2. The number of halogens is 1. The number of nitrogens with one attached hydrogen (secondary N) is 2. The van der Waals surface area contributed by atoms with Gasteiger partial charge in [-0.3, -0.25) is 4.79 Å². The predicted octanol–water partition coefficient (Wildman–Crippen LogP) is 2.79. The van der Waals surface area contributed by atoms with Crippen molar-refractivity contribution in [2.24, 2.45) is 0 Å². The summed E-state index contributed by atoms with van der Waals surface area (Å²) in [5.74, 6) is -0.278. The van der Waals surface area contributed by atoms with E-state index in [-0.39, 0.29) is 5.91 Å². The number of hydrogen-bond donors (Lipinski definition) is 2. The molecule has 2 rings (SSSR count). The van der Waals surface area contributed by atoms with Crippen LogP contribution in [-0.2, 0) is 0 Å². The summed E-state index contributed by atoms with van der Waals surface area (Å²) < 4.78 is 0. The van der Waals surface area contributed by atoms with Crippen molar-refractivity contribution in [1.29, 1.82) is 0 Å². The topological polar surface area (TPSA) is 66.9 Å². The first kappa shape index (κ1) is 12.8. The van der Waals surface area contributed by atoms with Crippen molar-refractivity contribution in [3.05, 3.63) is 33.8 Å². The van der Waals surface area contributed by atoms with Crippen LogP contribution in [-0.4, -0.2) is 23.2 Å². The molecule has 0 aliphatic carbocycles. The lowest BCUT2D eigenvalue weighted by Gasteiger charge is -2.06. The van der Waals surface area contributed by atoms with Gasteiger partial charge in [0.15, 0.2) is 0 Å². The number of anilines is 2. The lowest BCUT2D eigenvalue weighted by molar-refractivity contribution is 0.102. The zero-order valence-electron chi connectivity index (χ0n) is 9.82. The molecule has 5 nitrogen and oxygen atoms in total. The fourth-order valence-corrected chi connectivity index (χ4v) is 2.18. The minimum atomic E-state index is -0.278. The SMILES string of the molecule is CNc1nnc(C(=O)Nc2ccc(Cl)cc2C)s1. The molecule has 2 aromatic rings. The summed E-state index contributed by atoms with van der Waals surface area (Å²) >= 11 is 7.05. The Hall–Kier alpha value is -1.66. The van der Waals surface area contributed by atoms with E-state index >= 15 is 0 Å². The van der Waals surface area contributed by atoms with E-state index < -0.39 is 0 Å². The monoisotopic (exact) mass is 282 g/mol. The summed E-state index contributed by atoms with van der Waals surface area (Å²) in [7, 11) is 1.73. The highest BCUT2D eigenvalue weighted by molar-refractivity contribution is 7.17. The van der Waals surface area contributed by atoms with Gasteiger partial charge in [0, 0.05) is 17.8 Å². The van der Waals surface area contributed by atoms with Gasteiger partial charge in [-0.15, -0.1) is 10.2 Å². The molecule has 7 heteroatoms. The highest BCUT2D eigenvalue weighted by atomic mass is 35.5. The van der Waals surface area contributed by atoms with Crippen molar-refractivity contribution in [2.75, 3.05) is 17.7 Å². The molecule has 0 unspecified atom stereocenters. The van der Waals surface area contributed by atoms with E-state index in [0.717, 1.165) is 5.56 Å². The first-order valence-corrected chi connectivity index (χ1v) is 6.38. The van der Waals surface area contributed by atoms with Crippen molar-refractivity contribution in [3.8, 4) is 0 Å². The van der Waals surface area contributed by atoms with Gasteiger partial charge in [0.1, 0.15) is 0 Å². The second-order valence-corrected chi connectivity index (χ2v) is 4.99. The summed E-state index contributed by atoms with van der Waals surface area (Å²) in [6, 6.07) is 5.27. The molecule has 0 aliphatic heterocycles. The Bertz CT molecular complexity index is 584. The van der Waals surface area contributed by atoms with Crippen LogP contribution in [0.25, 0.3) is 0 Å². The highest BCUT2D eigenvalue weighted by Gasteiger charge is 2.13. The molecule has 0 bridgehead atoms. The molecule has 0 aliphatic rings. The van der Waals surface area contributed by atoms with Crippen LogP contribution in [0, 0.1) is 6.92 Å². The maximum absolute atomic E-state index is 11.9. The number of amides is 1. The van der Waals surface area contributed by atoms with Gasteiger partial charge >= 0.3 is 0 Å². The van der Waals surface area contributed by atoms with Crippen LogP contribution >= 0.6 is 22.9 Å². The quantitative estimate of drug-likeness (QED) is 0.908. The van der Waals surface area contributed by atoms with Gasteiger partial charge in [-0.25, -0.2) is 0 Å². The van der Waals surface area contributed by atoms with Crippen molar-refractivity contribution < 1.29 is 4.79 Å². The average Bonchev–Trinajstić information content (AvgIpc) is 2.81. The Balaban J connectivity index is 2.16. The number of carbonyl (C=O) groups is 1. The molecule has 1 amide bonds. The number of benzene rings is 1. The van der Waals surface area contributed by atoms with Crippen molar-refractivity contribution in [2.45, 2.75) is 6.92 Å². The summed E-state index contributed by atoms with van der Waals surface area (Å²) in [5.41, 5.74) is 1.61. The maximum atomic E-state index is 11.9. The number of nitrogens with zero attached hydrogens (tertiary/aromatic N) is 2. The molecule has 0 saturated carbocycles. The first-order valence-electron chi connectivity index (χ1n) is 5.19. The van der Waals surface area contributed by atoms with Crippen LogP contribution in [0.3, 0.4) is 0 Å². The number of aromatic nitrogens is 2. The summed E-state index contributed by atoms with van der Waals surface area (Å²) in [5, 5.41) is 14.8. The van der Waals surface area contributed by atoms with Crippen molar-refractivity contribution in [3.63, 3.8) is 0 Å². The van der Waals surface area contributed by atoms with Gasteiger partial charge in [0.05, 0.1) is 0 Å². The molecular formula is C11H11ClN4OS. The van der Waals surface area contributed by atoms with Crippen LogP contribution in [0.2, 0.25) is 5.02 Å². The molecule has 0 fully saturated rings. The molecule has 0 saturated heterocycles. The summed E-state index contributed by atoms with van der Waals surface area (Å²) in [6.45, 7) is 1.88. The van der Waals surface area contributed by atoms with Crippen LogP contribution in [0.4, 0.5) is 10.8 Å². The highest BCUT2D eigenvalue weighted by Crippen LogP contribution is 2.21. The normalized spacial score (nSPS) is 10.2. The third-order valence-corrected chi connectivity index (χ3v) is 3.44. The van der Waals surface area contributed by atoms with Gasteiger partial charge in [-0.1, -0.05) is 22.9 Å². The fourth-order valence-electron chi connectivity index (χ4n) is 1.36. The number of carbonyl (C=O) groups excluding carboxylic acids is 1. The molecular weight excluding hydrogens is 272 g/mol. The molecule has 2 N–H and O–H groups in total. The average molecular weight is 283 g/mol. The third kappa shape index (κ3) is 2.77. The Morgan fingerprint density at radius 1 is 1.39 bits per heavy atom. The van der Waals surface area contributed by atoms with E-state index in [0.29, 0.717) is 20.8 Å². The third-order valence-electron chi connectivity index (χ3n) is 2.27. The van der Waals surface area contributed by atoms with E-state index in [2.05, 4.69) is 20.8 Å². The van der Waals surface area contributed by atoms with E-state index in [9.17, 15) is 4.79 Å². The van der Waals surface area contributed by atoms with Crippen LogP contribution in [0.15, 0.2) is 18.2 Å². The Morgan fingerprint density at radius 3 is 2.78 bits per heavy atom. The minimum Gasteiger partial charge on any atom is -0.363 e. The van der Waals surface area contributed by atoms with E-state index in [1.807, 2.05) is 6.92 Å². The molecule has 1 aromatic carbocycles. The molecule has 18 heavy (non-hydrogen) atoms. The Labute approximate surface area is 113 Å². The zero-order chi connectivity index (χ0) is 13.1. The largest absolute Gasteiger partial charge is 0.363 e. The number of aryl methyl sites for hydroxylation is 1. The second kappa shape index (κ2) is 5.32. The Kier molecular flexibility index (Phi) is 3.78. The van der Waals surface area contributed by atoms with Crippen molar-refractivity contribution >= 4 is 39.7 Å². The van der Waals surface area contributed by atoms with Gasteiger partial charge in [-0.05, 0) is 30.7 Å². The maximum Gasteiger partial charge on any atom is 0.286 e. The summed E-state index contributed by atoms with van der Waals surface area (Å²) in [6.07, 6.45) is 0. The van der Waals surface area contributed by atoms with E-state index in [1.54, 1.807) is 25.2 Å². The predicted molar refractivity (Wildman–Crippen MR) is 73.6 cm³/mol. The zero-order valence-corrected chi connectivity index (χ0v) is 11.4. The van der Waals surface area contributed by atoms with Gasteiger partial charge in [-0.2, -0.15) is 0 Å². The molecule has 0 spiro atoms. The van der Waals surface area contributed by atoms with Crippen LogP contribution in [0.1, 0.15) is 15.4 Å². The summed E-state index contributed by atoms with van der Waals surface area (Å²) in [4.78, 5) is 11.9. The van der Waals surface area contributed by atoms with Crippen molar-refractivity contribution in [1.82, 2.24) is 10.2 Å². The van der Waals surface area contributed by atoms with Gasteiger partial charge in [0.2, 0.25) is 10.1 Å². The van der Waals surface area contributed by atoms with Gasteiger partial charge < -0.3 is 10.6 Å². The second-order valence-electron chi connectivity index (χ2n) is 3.58. The van der Waals surface area contributed by atoms with E-state index in [1.165, 1.54) is 11.3 Å². The lowest BCUT2D eigenvalue weighted by Crippen LogP contribution is -2.12. The smallest absolute Gasteiger partial charge is 0.286 e. The minimum absolute atomic E-state index is 0.278. The van der Waals surface area contributed by atoms with Gasteiger partial charge in [0.25, 0.3) is 5.91 Å². The van der Waals surface area contributed by atoms with Crippen LogP contribution < -0.4 is 10.6 Å². The standard InChI is InChI=1S/C11H11ClN4OS/c1-6-5-7(12)3-4-8(6)14-9(17)10-15-16-11(13-2)18-10/h3-5H,1-2H3,(H,13,16)(H,14,17). The molecule has 1 aromatic heterocycles. The fraction of sp³-hybridized carbons (Fsp3) is 0.182. The number of hydrogen-bond acceptors (Lipinski definition) is 5. The van der Waals surface area contributed by atoms with Crippen LogP contribution in [0.5, 0.6) is 0 Å². The molecule has 94 valence electrons. The molecule has 1 heterocycles. The molecule has 0 atom stereocenters. The van der Waals surface area contributed by atoms with E-state index in [4.69, 9.17) is 11.6 Å². The number of rotatable bonds is 3. The Morgan fingerprint density at radius 2 is 2.17 bits per heavy atom. The first-order chi connectivity index (χ1) is 8.60.